The molecule has 25 heavy (non-hydrogen) atoms. The van der Waals surface area contributed by atoms with Crippen molar-refractivity contribution in [3.63, 3.8) is 0 Å². The van der Waals surface area contributed by atoms with Gasteiger partial charge in [-0.15, -0.1) is 24.0 Å². The molecule has 0 amide bonds. The number of ether oxygens (including phenoxy) is 1. The van der Waals surface area contributed by atoms with Gasteiger partial charge in [0.05, 0.1) is 6.10 Å². The molecule has 2 fully saturated rings. The van der Waals surface area contributed by atoms with Crippen molar-refractivity contribution in [2.45, 2.75) is 51.0 Å². The number of hydrogen-bond donors (Lipinski definition) is 1. The van der Waals surface area contributed by atoms with Crippen LogP contribution in [0.4, 0.5) is 0 Å². The predicted octanol–water partition coefficient (Wildman–Crippen LogP) is 3.72. The monoisotopic (exact) mass is 457 g/mol. The van der Waals surface area contributed by atoms with Crippen LogP contribution in [0.2, 0.25) is 0 Å². The number of likely N-dealkylation sites (tertiary alicyclic amines) is 1. The SMILES string of the molecule is CCOC1CCN(C(=NC)NCC2(c3ccccc3C)CC2)CC1.I. The van der Waals surface area contributed by atoms with Gasteiger partial charge in [-0.1, -0.05) is 24.3 Å². The fraction of sp³-hybridized carbons (Fsp3) is 0.650. The normalized spacial score (nSPS) is 20.1. The number of nitrogens with one attached hydrogen (secondary N) is 1. The second-order valence-electron chi connectivity index (χ2n) is 7.14. The topological polar surface area (TPSA) is 36.9 Å². The van der Waals surface area contributed by atoms with Crippen LogP contribution in [0.3, 0.4) is 0 Å². The number of piperidine rings is 1. The molecule has 3 rings (SSSR count). The molecule has 1 heterocycles. The Bertz CT molecular complexity index is 578. The van der Waals surface area contributed by atoms with Crippen LogP contribution in [-0.2, 0) is 10.2 Å². The minimum Gasteiger partial charge on any atom is -0.378 e. The molecular weight excluding hydrogens is 425 g/mol. The predicted molar refractivity (Wildman–Crippen MR) is 115 cm³/mol. The Morgan fingerprint density at radius 2 is 1.96 bits per heavy atom. The van der Waals surface area contributed by atoms with Gasteiger partial charge < -0.3 is 15.0 Å². The highest BCUT2D eigenvalue weighted by Crippen LogP contribution is 2.48. The summed E-state index contributed by atoms with van der Waals surface area (Å²) in [6.45, 7) is 8.16. The van der Waals surface area contributed by atoms with Crippen LogP contribution in [0.15, 0.2) is 29.3 Å². The van der Waals surface area contributed by atoms with Gasteiger partial charge in [-0.25, -0.2) is 0 Å². The van der Waals surface area contributed by atoms with Gasteiger partial charge in [0.1, 0.15) is 0 Å². The standard InChI is InChI=1S/C20H31N3O.HI/c1-4-24-17-9-13-23(14-10-17)19(21-3)22-15-20(11-12-20)18-8-6-5-7-16(18)2;/h5-8,17H,4,9-15H2,1-3H3,(H,21,22);1H. The lowest BCUT2D eigenvalue weighted by Gasteiger charge is -2.34. The van der Waals surface area contributed by atoms with E-state index >= 15 is 0 Å². The first-order valence-electron chi connectivity index (χ1n) is 9.32. The molecule has 0 atom stereocenters. The number of aliphatic imine (C=N–C) groups is 1. The van der Waals surface area contributed by atoms with Gasteiger partial charge in [-0.2, -0.15) is 0 Å². The Morgan fingerprint density at radius 1 is 1.28 bits per heavy atom. The van der Waals surface area contributed by atoms with Gasteiger partial charge in [0.15, 0.2) is 5.96 Å². The van der Waals surface area contributed by atoms with E-state index < -0.39 is 0 Å². The van der Waals surface area contributed by atoms with E-state index in [9.17, 15) is 0 Å². The fourth-order valence-corrected chi connectivity index (χ4v) is 3.91. The van der Waals surface area contributed by atoms with Gasteiger partial charge in [-0.05, 0) is 50.7 Å². The summed E-state index contributed by atoms with van der Waals surface area (Å²) < 4.78 is 5.75. The maximum absolute atomic E-state index is 5.75. The minimum atomic E-state index is 0. The molecule has 0 unspecified atom stereocenters. The summed E-state index contributed by atoms with van der Waals surface area (Å²) in [5.74, 6) is 1.05. The highest BCUT2D eigenvalue weighted by atomic mass is 127. The number of halogens is 1. The molecule has 0 aromatic heterocycles. The second kappa shape index (κ2) is 9.21. The fourth-order valence-electron chi connectivity index (χ4n) is 3.91. The Kier molecular flexibility index (Phi) is 7.55. The number of aryl methyl sites for hydroxylation is 1. The van der Waals surface area contributed by atoms with Gasteiger partial charge in [0, 0.05) is 38.7 Å². The number of nitrogens with zero attached hydrogens (tertiary/aromatic N) is 2. The number of benzene rings is 1. The average molecular weight is 457 g/mol. The third-order valence-corrected chi connectivity index (χ3v) is 5.51. The summed E-state index contributed by atoms with van der Waals surface area (Å²) in [6.07, 6.45) is 5.16. The van der Waals surface area contributed by atoms with Crippen molar-refractivity contribution >= 4 is 29.9 Å². The quantitative estimate of drug-likeness (QED) is 0.416. The molecular formula is C20H32IN3O. The third kappa shape index (κ3) is 4.88. The van der Waals surface area contributed by atoms with Crippen LogP contribution in [0.5, 0.6) is 0 Å². The van der Waals surface area contributed by atoms with E-state index in [2.05, 4.69) is 53.3 Å². The Hall–Kier alpha value is -0.820. The van der Waals surface area contributed by atoms with Crippen molar-refractivity contribution in [1.82, 2.24) is 10.2 Å². The van der Waals surface area contributed by atoms with Gasteiger partial charge in [0.2, 0.25) is 0 Å². The zero-order chi connectivity index (χ0) is 17.0. The Labute approximate surface area is 169 Å². The lowest BCUT2D eigenvalue weighted by Crippen LogP contribution is -2.48. The van der Waals surface area contributed by atoms with Crippen molar-refractivity contribution in [3.8, 4) is 0 Å². The molecule has 140 valence electrons. The smallest absolute Gasteiger partial charge is 0.193 e. The molecule has 1 aliphatic heterocycles. The van der Waals surface area contributed by atoms with E-state index in [1.54, 1.807) is 0 Å². The van der Waals surface area contributed by atoms with Crippen molar-refractivity contribution in [1.29, 1.82) is 0 Å². The molecule has 1 saturated carbocycles. The number of rotatable bonds is 5. The molecule has 0 spiro atoms. The van der Waals surface area contributed by atoms with E-state index in [0.29, 0.717) is 11.5 Å². The Balaban J connectivity index is 0.00000225. The van der Waals surface area contributed by atoms with Gasteiger partial charge >= 0.3 is 0 Å². The van der Waals surface area contributed by atoms with E-state index in [1.807, 2.05) is 7.05 Å². The van der Waals surface area contributed by atoms with Crippen molar-refractivity contribution in [2.75, 3.05) is 33.3 Å². The van der Waals surface area contributed by atoms with Crippen molar-refractivity contribution in [3.05, 3.63) is 35.4 Å². The molecule has 1 N–H and O–H groups in total. The summed E-state index contributed by atoms with van der Waals surface area (Å²) in [7, 11) is 1.89. The minimum absolute atomic E-state index is 0. The van der Waals surface area contributed by atoms with Crippen LogP contribution in [-0.4, -0.2) is 50.3 Å². The molecule has 1 aromatic carbocycles. The van der Waals surface area contributed by atoms with Crippen molar-refractivity contribution in [2.24, 2.45) is 4.99 Å². The third-order valence-electron chi connectivity index (χ3n) is 5.51. The average Bonchev–Trinajstić information content (AvgIpc) is 3.38. The molecule has 4 nitrogen and oxygen atoms in total. The lowest BCUT2D eigenvalue weighted by molar-refractivity contribution is 0.0263. The summed E-state index contributed by atoms with van der Waals surface area (Å²) in [4.78, 5) is 6.90. The maximum Gasteiger partial charge on any atom is 0.193 e. The van der Waals surface area contributed by atoms with Crippen LogP contribution in [0.1, 0.15) is 43.7 Å². The molecule has 0 bridgehead atoms. The first-order valence-corrected chi connectivity index (χ1v) is 9.32. The largest absolute Gasteiger partial charge is 0.378 e. The molecule has 1 saturated heterocycles. The van der Waals surface area contributed by atoms with Crippen LogP contribution >= 0.6 is 24.0 Å². The Morgan fingerprint density at radius 3 is 2.52 bits per heavy atom. The van der Waals surface area contributed by atoms with Crippen LogP contribution < -0.4 is 5.32 Å². The summed E-state index contributed by atoms with van der Waals surface area (Å²) in [5.41, 5.74) is 3.22. The first kappa shape index (κ1) is 20.5. The summed E-state index contributed by atoms with van der Waals surface area (Å²) in [6, 6.07) is 8.81. The van der Waals surface area contributed by atoms with Gasteiger partial charge in [-0.3, -0.25) is 4.99 Å². The number of guanidine groups is 1. The highest BCUT2D eigenvalue weighted by Gasteiger charge is 2.45. The molecule has 5 heteroatoms. The summed E-state index contributed by atoms with van der Waals surface area (Å²) in [5, 5.41) is 3.65. The van der Waals surface area contributed by atoms with E-state index in [-0.39, 0.29) is 24.0 Å². The first-order chi connectivity index (χ1) is 11.7. The lowest BCUT2D eigenvalue weighted by atomic mass is 9.92. The van der Waals surface area contributed by atoms with Crippen LogP contribution in [0.25, 0.3) is 0 Å². The number of hydrogen-bond acceptors (Lipinski definition) is 2. The van der Waals surface area contributed by atoms with E-state index in [4.69, 9.17) is 4.74 Å². The molecule has 0 radical (unpaired) electrons. The van der Waals surface area contributed by atoms with Crippen molar-refractivity contribution < 1.29 is 4.74 Å². The second-order valence-corrected chi connectivity index (χ2v) is 7.14. The highest BCUT2D eigenvalue weighted by molar-refractivity contribution is 14.0. The molecule has 1 aromatic rings. The zero-order valence-corrected chi connectivity index (χ0v) is 18.1. The molecule has 2 aliphatic rings. The van der Waals surface area contributed by atoms with Crippen LogP contribution in [0, 0.1) is 6.92 Å². The molecule has 1 aliphatic carbocycles. The summed E-state index contributed by atoms with van der Waals surface area (Å²) >= 11 is 0. The van der Waals surface area contributed by atoms with Gasteiger partial charge in [0.25, 0.3) is 0 Å². The van der Waals surface area contributed by atoms with E-state index in [1.165, 1.54) is 24.0 Å². The maximum atomic E-state index is 5.75. The van der Waals surface area contributed by atoms with E-state index in [0.717, 1.165) is 45.0 Å². The zero-order valence-electron chi connectivity index (χ0n) is 15.8.